The van der Waals surface area contributed by atoms with E-state index in [0.29, 0.717) is 23.7 Å². The Hall–Kier alpha value is -4.19. The zero-order chi connectivity index (χ0) is 24.4. The fourth-order valence-electron chi connectivity index (χ4n) is 4.46. The summed E-state index contributed by atoms with van der Waals surface area (Å²) in [5.41, 5.74) is 3.75. The number of hydrogen-bond acceptors (Lipinski definition) is 7. The monoisotopic (exact) mass is 471 g/mol. The number of ether oxygens (including phenoxy) is 1. The molecule has 178 valence electrons. The largest absolute Gasteiger partial charge is 0.492 e. The molecule has 0 aliphatic carbocycles. The fraction of sp³-hybridized carbons (Fsp3) is 0.308. The molecule has 9 heteroatoms. The van der Waals surface area contributed by atoms with Gasteiger partial charge in [0.25, 0.3) is 0 Å². The number of hydrogen-bond donors (Lipinski definition) is 1. The van der Waals surface area contributed by atoms with Gasteiger partial charge in [-0.25, -0.2) is 18.9 Å². The van der Waals surface area contributed by atoms with Gasteiger partial charge in [-0.05, 0) is 57.0 Å². The van der Waals surface area contributed by atoms with Gasteiger partial charge in [0.2, 0.25) is 0 Å². The molecule has 5 heterocycles. The zero-order valence-electron chi connectivity index (χ0n) is 19.7. The molecule has 8 nitrogen and oxygen atoms in total. The lowest BCUT2D eigenvalue weighted by atomic mass is 10.0. The van der Waals surface area contributed by atoms with Gasteiger partial charge in [-0.3, -0.25) is 0 Å². The molecule has 1 N–H and O–H groups in total. The first-order chi connectivity index (χ1) is 17.1. The van der Waals surface area contributed by atoms with E-state index in [1.165, 1.54) is 6.07 Å². The Bertz CT molecular complexity index is 1390. The number of nitriles is 1. The molecule has 0 unspecified atom stereocenters. The molecule has 1 saturated heterocycles. The number of halogens is 1. The summed E-state index contributed by atoms with van der Waals surface area (Å²) in [7, 11) is 0. The Morgan fingerprint density at radius 3 is 2.74 bits per heavy atom. The van der Waals surface area contributed by atoms with Crippen molar-refractivity contribution in [1.29, 1.82) is 5.26 Å². The van der Waals surface area contributed by atoms with Crippen molar-refractivity contribution in [2.75, 3.05) is 29.9 Å². The Morgan fingerprint density at radius 1 is 1.20 bits per heavy atom. The maximum Gasteiger partial charge on any atom is 0.165 e. The van der Waals surface area contributed by atoms with Crippen LogP contribution < -0.4 is 15.0 Å². The molecule has 0 bridgehead atoms. The number of fused-ring (bicyclic) bond motifs is 1. The molecule has 0 aromatic carbocycles. The van der Waals surface area contributed by atoms with Crippen LogP contribution in [0.2, 0.25) is 0 Å². The highest BCUT2D eigenvalue weighted by Crippen LogP contribution is 2.31. The van der Waals surface area contributed by atoms with Crippen molar-refractivity contribution in [2.24, 2.45) is 0 Å². The standard InChI is InChI=1S/C26H26FN7O/c1-3-35-21-12-22(25-19(13-28)15-30-34(25)16-21)18-5-7-24(29-14-18)33-10-8-20(9-11-33)32-26-23(27)6-4-17(2)31-26/h4-7,12,14-16,20H,3,8-11H2,1-2H3,(H,31,32). The van der Waals surface area contributed by atoms with Crippen LogP contribution in [0, 0.1) is 24.1 Å². The number of aryl methyl sites for hydroxylation is 1. The van der Waals surface area contributed by atoms with Crippen LogP contribution >= 0.6 is 0 Å². The summed E-state index contributed by atoms with van der Waals surface area (Å²) in [6, 6.07) is 11.4. The van der Waals surface area contributed by atoms with Crippen LogP contribution in [0.5, 0.6) is 5.75 Å². The van der Waals surface area contributed by atoms with Gasteiger partial charge >= 0.3 is 0 Å². The van der Waals surface area contributed by atoms with Crippen LogP contribution in [0.4, 0.5) is 16.0 Å². The summed E-state index contributed by atoms with van der Waals surface area (Å²) in [6.45, 7) is 5.93. The SMILES string of the molecule is CCOc1cc(-c2ccc(N3CCC(Nc4nc(C)ccc4F)CC3)nc2)c2c(C#N)cnn2c1. The average molecular weight is 472 g/mol. The minimum Gasteiger partial charge on any atom is -0.492 e. The van der Waals surface area contributed by atoms with Gasteiger partial charge in [0.1, 0.15) is 17.6 Å². The summed E-state index contributed by atoms with van der Waals surface area (Å²) in [5.74, 6) is 1.57. The number of nitrogens with zero attached hydrogens (tertiary/aromatic N) is 6. The van der Waals surface area contributed by atoms with Gasteiger partial charge < -0.3 is 15.0 Å². The van der Waals surface area contributed by atoms with Crippen molar-refractivity contribution in [1.82, 2.24) is 19.6 Å². The van der Waals surface area contributed by atoms with Gasteiger partial charge in [0.15, 0.2) is 11.6 Å². The quantitative estimate of drug-likeness (QED) is 0.440. The molecular formula is C26H26FN7O. The van der Waals surface area contributed by atoms with Gasteiger partial charge in [-0.1, -0.05) is 0 Å². The maximum absolute atomic E-state index is 14.1. The fourth-order valence-corrected chi connectivity index (χ4v) is 4.46. The molecular weight excluding hydrogens is 445 g/mol. The van der Waals surface area contributed by atoms with Crippen molar-refractivity contribution in [3.63, 3.8) is 0 Å². The van der Waals surface area contributed by atoms with Crippen LogP contribution in [-0.2, 0) is 0 Å². The minimum absolute atomic E-state index is 0.162. The van der Waals surface area contributed by atoms with Gasteiger partial charge in [0, 0.05) is 42.1 Å². The molecule has 1 aliphatic rings. The third kappa shape index (κ3) is 4.60. The molecule has 1 aliphatic heterocycles. The Kier molecular flexibility index (Phi) is 6.19. The summed E-state index contributed by atoms with van der Waals surface area (Å²) in [5, 5.41) is 17.1. The van der Waals surface area contributed by atoms with Crippen LogP contribution in [0.3, 0.4) is 0 Å². The second-order valence-electron chi connectivity index (χ2n) is 8.58. The highest BCUT2D eigenvalue weighted by atomic mass is 19.1. The van der Waals surface area contributed by atoms with Crippen molar-refractivity contribution in [3.05, 3.63) is 66.0 Å². The normalized spacial score (nSPS) is 14.2. The smallest absolute Gasteiger partial charge is 0.165 e. The maximum atomic E-state index is 14.1. The second-order valence-corrected chi connectivity index (χ2v) is 8.58. The predicted molar refractivity (Wildman–Crippen MR) is 132 cm³/mol. The summed E-state index contributed by atoms with van der Waals surface area (Å²) >= 11 is 0. The first-order valence-electron chi connectivity index (χ1n) is 11.7. The van der Waals surface area contributed by atoms with Crippen molar-refractivity contribution >= 4 is 17.2 Å². The third-order valence-corrected chi connectivity index (χ3v) is 6.22. The minimum atomic E-state index is -0.324. The lowest BCUT2D eigenvalue weighted by Gasteiger charge is -2.33. The van der Waals surface area contributed by atoms with Gasteiger partial charge in [-0.15, -0.1) is 0 Å². The molecule has 0 spiro atoms. The first-order valence-corrected chi connectivity index (χ1v) is 11.7. The van der Waals surface area contributed by atoms with E-state index in [2.05, 4.69) is 26.4 Å². The van der Waals surface area contributed by atoms with E-state index in [1.54, 1.807) is 23.0 Å². The van der Waals surface area contributed by atoms with E-state index in [9.17, 15) is 9.65 Å². The van der Waals surface area contributed by atoms with E-state index in [-0.39, 0.29) is 11.9 Å². The molecule has 4 aromatic rings. The second kappa shape index (κ2) is 9.58. The van der Waals surface area contributed by atoms with Crippen molar-refractivity contribution in [3.8, 4) is 22.9 Å². The third-order valence-electron chi connectivity index (χ3n) is 6.22. The number of pyridine rings is 3. The topological polar surface area (TPSA) is 91.4 Å². The lowest BCUT2D eigenvalue weighted by molar-refractivity contribution is 0.338. The number of nitrogens with one attached hydrogen (secondary N) is 1. The van der Waals surface area contributed by atoms with Gasteiger partial charge in [-0.2, -0.15) is 10.4 Å². The number of piperidine rings is 1. The summed E-state index contributed by atoms with van der Waals surface area (Å²) in [6.07, 6.45) is 6.88. The highest BCUT2D eigenvalue weighted by Gasteiger charge is 2.22. The Balaban J connectivity index is 1.32. The summed E-state index contributed by atoms with van der Waals surface area (Å²) < 4.78 is 21.4. The van der Waals surface area contributed by atoms with E-state index >= 15 is 0 Å². The van der Waals surface area contributed by atoms with E-state index < -0.39 is 0 Å². The predicted octanol–water partition coefficient (Wildman–Crippen LogP) is 4.59. The van der Waals surface area contributed by atoms with E-state index in [4.69, 9.17) is 9.72 Å². The Labute approximate surface area is 203 Å². The molecule has 5 rings (SSSR count). The van der Waals surface area contributed by atoms with Crippen molar-refractivity contribution in [2.45, 2.75) is 32.7 Å². The van der Waals surface area contributed by atoms with Crippen LogP contribution in [0.15, 0.2) is 48.9 Å². The lowest BCUT2D eigenvalue weighted by Crippen LogP contribution is -2.39. The average Bonchev–Trinajstić information content (AvgIpc) is 3.30. The van der Waals surface area contributed by atoms with Crippen LogP contribution in [0.25, 0.3) is 16.6 Å². The van der Waals surface area contributed by atoms with Crippen molar-refractivity contribution < 1.29 is 9.13 Å². The highest BCUT2D eigenvalue weighted by molar-refractivity contribution is 5.85. The molecule has 35 heavy (non-hydrogen) atoms. The van der Waals surface area contributed by atoms with Crippen LogP contribution in [-0.4, -0.2) is 45.3 Å². The number of rotatable bonds is 6. The van der Waals surface area contributed by atoms with E-state index in [1.807, 2.05) is 38.2 Å². The zero-order valence-corrected chi connectivity index (χ0v) is 19.7. The van der Waals surface area contributed by atoms with Gasteiger partial charge in [0.05, 0.1) is 30.1 Å². The molecule has 4 aromatic heterocycles. The van der Waals surface area contributed by atoms with Crippen LogP contribution in [0.1, 0.15) is 31.0 Å². The molecule has 1 fully saturated rings. The molecule has 0 amide bonds. The molecule has 0 atom stereocenters. The number of anilines is 2. The molecule has 0 saturated carbocycles. The summed E-state index contributed by atoms with van der Waals surface area (Å²) in [4.78, 5) is 11.2. The first kappa shape index (κ1) is 22.6. The van der Waals surface area contributed by atoms with E-state index in [0.717, 1.165) is 54.1 Å². The Morgan fingerprint density at radius 2 is 2.03 bits per heavy atom. The molecule has 0 radical (unpaired) electrons. The number of aromatic nitrogens is 4.